The summed E-state index contributed by atoms with van der Waals surface area (Å²) in [6.07, 6.45) is 6.87. The van der Waals surface area contributed by atoms with Gasteiger partial charge < -0.3 is 5.32 Å². The van der Waals surface area contributed by atoms with Crippen molar-refractivity contribution in [3.8, 4) is 0 Å². The van der Waals surface area contributed by atoms with Crippen LogP contribution in [0.5, 0.6) is 0 Å². The molecule has 0 radical (unpaired) electrons. The minimum atomic E-state index is 1.05. The van der Waals surface area contributed by atoms with Gasteiger partial charge in [-0.25, -0.2) is 0 Å². The molecule has 1 rings (SSSR count). The first-order valence-electron chi connectivity index (χ1n) is 5.85. The highest BCUT2D eigenvalue weighted by atomic mass is 79.9. The Labute approximate surface area is 107 Å². The van der Waals surface area contributed by atoms with Crippen LogP contribution in [-0.4, -0.2) is 6.54 Å². The Morgan fingerprint density at radius 1 is 1.31 bits per heavy atom. The normalized spacial score (nSPS) is 10.1. The fourth-order valence-corrected chi connectivity index (χ4v) is 1.96. The van der Waals surface area contributed by atoms with Gasteiger partial charge in [-0.3, -0.25) is 0 Å². The Bertz CT molecular complexity index is 334. The van der Waals surface area contributed by atoms with Crippen LogP contribution in [0.2, 0.25) is 0 Å². The number of allylic oxidation sites excluding steroid dienone is 1. The Kier molecular flexibility index (Phi) is 6.24. The Morgan fingerprint density at radius 2 is 2.12 bits per heavy atom. The molecule has 0 fully saturated rings. The number of halogens is 1. The zero-order valence-electron chi connectivity index (χ0n) is 9.93. The first-order valence-corrected chi connectivity index (χ1v) is 6.64. The summed E-state index contributed by atoms with van der Waals surface area (Å²) in [6.45, 7) is 6.91. The third kappa shape index (κ3) is 4.84. The zero-order valence-corrected chi connectivity index (χ0v) is 11.5. The smallest absolute Gasteiger partial charge is 0.0381 e. The summed E-state index contributed by atoms with van der Waals surface area (Å²) < 4.78 is 1.13. The third-order valence-corrected chi connectivity index (χ3v) is 3.09. The van der Waals surface area contributed by atoms with Crippen molar-refractivity contribution in [1.29, 1.82) is 0 Å². The van der Waals surface area contributed by atoms with Crippen LogP contribution in [0.1, 0.15) is 31.2 Å². The van der Waals surface area contributed by atoms with Gasteiger partial charge in [-0.2, -0.15) is 0 Å². The first-order chi connectivity index (χ1) is 7.74. The molecule has 1 N–H and O–H groups in total. The van der Waals surface area contributed by atoms with E-state index in [4.69, 9.17) is 0 Å². The minimum absolute atomic E-state index is 1.05. The van der Waals surface area contributed by atoms with Gasteiger partial charge in [-0.1, -0.05) is 34.5 Å². The lowest BCUT2D eigenvalue weighted by Crippen LogP contribution is -2.02. The van der Waals surface area contributed by atoms with E-state index in [-0.39, 0.29) is 0 Å². The molecule has 0 spiro atoms. The van der Waals surface area contributed by atoms with Gasteiger partial charge in [0.2, 0.25) is 0 Å². The van der Waals surface area contributed by atoms with E-state index in [0.29, 0.717) is 0 Å². The maximum atomic E-state index is 3.73. The molecule has 0 unspecified atom stereocenters. The van der Waals surface area contributed by atoms with Crippen LogP contribution in [0.3, 0.4) is 0 Å². The van der Waals surface area contributed by atoms with Gasteiger partial charge in [-0.15, -0.1) is 6.58 Å². The number of unbranched alkanes of at least 4 members (excludes halogenated alkanes) is 3. The van der Waals surface area contributed by atoms with E-state index in [1.165, 1.54) is 30.5 Å². The summed E-state index contributed by atoms with van der Waals surface area (Å²) in [5.41, 5.74) is 2.53. The van der Waals surface area contributed by atoms with E-state index in [1.54, 1.807) is 0 Å². The Morgan fingerprint density at radius 3 is 2.88 bits per heavy atom. The average molecular weight is 282 g/mol. The molecule has 0 atom stereocenters. The molecule has 88 valence electrons. The lowest BCUT2D eigenvalue weighted by atomic mass is 10.1. The molecule has 0 aliphatic carbocycles. The van der Waals surface area contributed by atoms with Crippen LogP contribution in [0, 0.1) is 6.92 Å². The van der Waals surface area contributed by atoms with E-state index in [1.807, 2.05) is 6.08 Å². The summed E-state index contributed by atoms with van der Waals surface area (Å²) in [6, 6.07) is 6.34. The number of aryl methyl sites for hydroxylation is 1. The predicted octanol–water partition coefficient (Wildman–Crippen LogP) is 4.92. The number of hydrogen-bond donors (Lipinski definition) is 1. The number of rotatable bonds is 7. The molecule has 0 bridgehead atoms. The topological polar surface area (TPSA) is 12.0 Å². The van der Waals surface area contributed by atoms with Crippen LogP contribution in [-0.2, 0) is 0 Å². The van der Waals surface area contributed by atoms with Crippen LogP contribution >= 0.6 is 15.9 Å². The van der Waals surface area contributed by atoms with Crippen LogP contribution < -0.4 is 5.32 Å². The van der Waals surface area contributed by atoms with E-state index in [9.17, 15) is 0 Å². The summed E-state index contributed by atoms with van der Waals surface area (Å²) in [4.78, 5) is 0. The van der Waals surface area contributed by atoms with Gasteiger partial charge in [0, 0.05) is 16.7 Å². The van der Waals surface area contributed by atoms with Gasteiger partial charge in [0.05, 0.1) is 0 Å². The second kappa shape index (κ2) is 7.50. The molecule has 0 saturated heterocycles. The van der Waals surface area contributed by atoms with E-state index >= 15 is 0 Å². The highest BCUT2D eigenvalue weighted by molar-refractivity contribution is 9.10. The SMILES string of the molecule is C=CCCCCCNc1cc(Br)ccc1C. The monoisotopic (exact) mass is 281 g/mol. The summed E-state index contributed by atoms with van der Waals surface area (Å²) in [7, 11) is 0. The van der Waals surface area contributed by atoms with Crippen molar-refractivity contribution in [2.24, 2.45) is 0 Å². The molecule has 0 amide bonds. The van der Waals surface area contributed by atoms with Crippen molar-refractivity contribution in [1.82, 2.24) is 0 Å². The number of hydrogen-bond acceptors (Lipinski definition) is 1. The molecule has 1 aromatic rings. The summed E-state index contributed by atoms with van der Waals surface area (Å²) >= 11 is 3.49. The standard InChI is InChI=1S/C14H20BrN/c1-3-4-5-6-7-10-16-14-11-13(15)9-8-12(14)2/h3,8-9,11,16H,1,4-7,10H2,2H3. The summed E-state index contributed by atoms with van der Waals surface area (Å²) in [5.74, 6) is 0. The fourth-order valence-electron chi connectivity index (χ4n) is 1.60. The van der Waals surface area contributed by atoms with Crippen LogP contribution in [0.4, 0.5) is 5.69 Å². The van der Waals surface area contributed by atoms with Gasteiger partial charge >= 0.3 is 0 Å². The molecular formula is C14H20BrN. The predicted molar refractivity (Wildman–Crippen MR) is 76.0 cm³/mol. The van der Waals surface area contributed by atoms with Gasteiger partial charge in [-0.05, 0) is 43.9 Å². The Balaban J connectivity index is 2.26. The highest BCUT2D eigenvalue weighted by Gasteiger charge is 1.97. The maximum Gasteiger partial charge on any atom is 0.0381 e. The molecule has 0 heterocycles. The third-order valence-electron chi connectivity index (χ3n) is 2.60. The van der Waals surface area contributed by atoms with Crippen molar-refractivity contribution in [2.75, 3.05) is 11.9 Å². The first kappa shape index (κ1) is 13.3. The van der Waals surface area contributed by atoms with E-state index < -0.39 is 0 Å². The van der Waals surface area contributed by atoms with Crippen molar-refractivity contribution < 1.29 is 0 Å². The largest absolute Gasteiger partial charge is 0.385 e. The molecule has 0 aliphatic heterocycles. The molecule has 0 aromatic heterocycles. The molecule has 1 nitrogen and oxygen atoms in total. The zero-order chi connectivity index (χ0) is 11.8. The van der Waals surface area contributed by atoms with E-state index in [2.05, 4.69) is 52.9 Å². The maximum absolute atomic E-state index is 3.73. The van der Waals surface area contributed by atoms with Crippen molar-refractivity contribution in [2.45, 2.75) is 32.6 Å². The van der Waals surface area contributed by atoms with Crippen LogP contribution in [0.15, 0.2) is 35.3 Å². The quantitative estimate of drug-likeness (QED) is 0.553. The number of nitrogens with one attached hydrogen (secondary N) is 1. The molecule has 0 saturated carbocycles. The highest BCUT2D eigenvalue weighted by Crippen LogP contribution is 2.20. The Hall–Kier alpha value is -0.760. The second-order valence-electron chi connectivity index (χ2n) is 4.02. The fraction of sp³-hybridized carbons (Fsp3) is 0.429. The van der Waals surface area contributed by atoms with Gasteiger partial charge in [0.1, 0.15) is 0 Å². The molecule has 0 aliphatic rings. The van der Waals surface area contributed by atoms with E-state index in [0.717, 1.165) is 17.4 Å². The number of benzene rings is 1. The van der Waals surface area contributed by atoms with Gasteiger partial charge in [0.15, 0.2) is 0 Å². The van der Waals surface area contributed by atoms with Crippen LogP contribution in [0.25, 0.3) is 0 Å². The molecular weight excluding hydrogens is 262 g/mol. The lowest BCUT2D eigenvalue weighted by molar-refractivity contribution is 0.708. The average Bonchev–Trinajstić information content (AvgIpc) is 2.28. The van der Waals surface area contributed by atoms with Crippen molar-refractivity contribution >= 4 is 21.6 Å². The second-order valence-corrected chi connectivity index (χ2v) is 4.94. The van der Waals surface area contributed by atoms with Gasteiger partial charge in [0.25, 0.3) is 0 Å². The summed E-state index contributed by atoms with van der Waals surface area (Å²) in [5, 5.41) is 3.47. The molecule has 16 heavy (non-hydrogen) atoms. The minimum Gasteiger partial charge on any atom is -0.385 e. The van der Waals surface area contributed by atoms with Crippen molar-refractivity contribution in [3.63, 3.8) is 0 Å². The molecule has 1 aromatic carbocycles. The van der Waals surface area contributed by atoms with Crippen molar-refractivity contribution in [3.05, 3.63) is 40.9 Å². The lowest BCUT2D eigenvalue weighted by Gasteiger charge is -2.09. The molecule has 2 heteroatoms. The number of anilines is 1.